The highest BCUT2D eigenvalue weighted by Gasteiger charge is 2.25. The Morgan fingerprint density at radius 2 is 2.38 bits per heavy atom. The Morgan fingerprint density at radius 3 is 3.00 bits per heavy atom. The summed E-state index contributed by atoms with van der Waals surface area (Å²) in [6, 6.07) is 2.14. The summed E-state index contributed by atoms with van der Waals surface area (Å²) in [6.07, 6.45) is 3.95. The van der Waals surface area contributed by atoms with Crippen LogP contribution in [0.2, 0.25) is 0 Å². The molecular formula is C11H16N4O. The molecule has 5 nitrogen and oxygen atoms in total. The molecule has 0 aromatic carbocycles. The zero-order chi connectivity index (χ0) is 11.4. The van der Waals surface area contributed by atoms with Gasteiger partial charge >= 0.3 is 0 Å². The van der Waals surface area contributed by atoms with Crippen LogP contribution in [-0.4, -0.2) is 28.7 Å². The molecular weight excluding hydrogens is 204 g/mol. The quantitative estimate of drug-likeness (QED) is 0.715. The van der Waals surface area contributed by atoms with Crippen LogP contribution in [0.25, 0.3) is 0 Å². The monoisotopic (exact) mass is 220 g/mol. The van der Waals surface area contributed by atoms with Crippen LogP contribution >= 0.6 is 0 Å². The van der Waals surface area contributed by atoms with Gasteiger partial charge in [0.2, 0.25) is 0 Å². The molecule has 0 radical (unpaired) electrons. The molecule has 0 bridgehead atoms. The molecule has 1 heterocycles. The van der Waals surface area contributed by atoms with Gasteiger partial charge in [-0.3, -0.25) is 0 Å². The van der Waals surface area contributed by atoms with Crippen molar-refractivity contribution in [2.24, 2.45) is 5.92 Å². The van der Waals surface area contributed by atoms with Crippen LogP contribution < -0.4 is 0 Å². The minimum atomic E-state index is 0.356. The topological polar surface area (TPSA) is 63.7 Å². The Balaban J connectivity index is 2.11. The molecule has 86 valence electrons. The molecule has 1 aliphatic rings. The van der Waals surface area contributed by atoms with Gasteiger partial charge in [0, 0.05) is 7.11 Å². The molecule has 1 aromatic rings. The summed E-state index contributed by atoms with van der Waals surface area (Å²) in [4.78, 5) is 0. The summed E-state index contributed by atoms with van der Waals surface area (Å²) in [6.45, 7) is 1.35. The van der Waals surface area contributed by atoms with E-state index < -0.39 is 0 Å². The number of ether oxygens (including phenoxy) is 1. The van der Waals surface area contributed by atoms with E-state index in [-0.39, 0.29) is 0 Å². The van der Waals surface area contributed by atoms with Crippen LogP contribution in [0.1, 0.15) is 24.2 Å². The van der Waals surface area contributed by atoms with Crippen LogP contribution in [0, 0.1) is 17.2 Å². The molecule has 0 unspecified atom stereocenters. The summed E-state index contributed by atoms with van der Waals surface area (Å²) in [7, 11) is 1.67. The maximum atomic E-state index is 8.73. The number of nitrogens with zero attached hydrogens (tertiary/aromatic N) is 4. The van der Waals surface area contributed by atoms with Crippen LogP contribution in [0.4, 0.5) is 0 Å². The largest absolute Gasteiger partial charge is 0.383 e. The summed E-state index contributed by atoms with van der Waals surface area (Å²) >= 11 is 0. The summed E-state index contributed by atoms with van der Waals surface area (Å²) in [5.41, 5.74) is 1.96. The second kappa shape index (κ2) is 5.08. The van der Waals surface area contributed by atoms with Crippen molar-refractivity contribution in [1.29, 1.82) is 5.26 Å². The Morgan fingerprint density at radius 1 is 1.56 bits per heavy atom. The van der Waals surface area contributed by atoms with E-state index in [0.29, 0.717) is 13.0 Å². The van der Waals surface area contributed by atoms with E-state index in [0.717, 1.165) is 30.3 Å². The van der Waals surface area contributed by atoms with Crippen molar-refractivity contribution in [3.05, 3.63) is 11.4 Å². The number of methoxy groups -OCH3 is 1. The molecule has 1 fully saturated rings. The van der Waals surface area contributed by atoms with Crippen molar-refractivity contribution in [1.82, 2.24) is 15.0 Å². The smallest absolute Gasteiger partial charge is 0.0999 e. The molecule has 2 rings (SSSR count). The van der Waals surface area contributed by atoms with Gasteiger partial charge in [-0.05, 0) is 25.2 Å². The van der Waals surface area contributed by atoms with Gasteiger partial charge < -0.3 is 4.74 Å². The van der Waals surface area contributed by atoms with Crippen molar-refractivity contribution in [3.8, 4) is 6.07 Å². The Labute approximate surface area is 95.0 Å². The first-order valence-corrected chi connectivity index (χ1v) is 5.62. The highest BCUT2D eigenvalue weighted by Crippen LogP contribution is 2.33. The van der Waals surface area contributed by atoms with E-state index >= 15 is 0 Å². The van der Waals surface area contributed by atoms with Gasteiger partial charge in [0.25, 0.3) is 0 Å². The van der Waals surface area contributed by atoms with Gasteiger partial charge in [0.05, 0.1) is 37.0 Å². The third-order valence-corrected chi connectivity index (χ3v) is 2.85. The van der Waals surface area contributed by atoms with Gasteiger partial charge in [0.1, 0.15) is 0 Å². The highest BCUT2D eigenvalue weighted by molar-refractivity contribution is 5.16. The summed E-state index contributed by atoms with van der Waals surface area (Å²) in [5, 5.41) is 16.9. The fraction of sp³-hybridized carbons (Fsp3) is 0.727. The van der Waals surface area contributed by atoms with Gasteiger partial charge in [-0.1, -0.05) is 5.21 Å². The lowest BCUT2D eigenvalue weighted by atomic mass is 10.1. The molecule has 0 atom stereocenters. The molecule has 0 amide bonds. The fourth-order valence-corrected chi connectivity index (χ4v) is 1.76. The molecule has 0 aliphatic heterocycles. The molecule has 0 N–H and O–H groups in total. The molecule has 5 heteroatoms. The Bertz CT molecular complexity index is 389. The first kappa shape index (κ1) is 11.1. The van der Waals surface area contributed by atoms with E-state index in [1.807, 2.05) is 4.68 Å². The average Bonchev–Trinajstić information content (AvgIpc) is 3.02. The number of aromatic nitrogens is 3. The third-order valence-electron chi connectivity index (χ3n) is 2.85. The maximum absolute atomic E-state index is 8.73. The van der Waals surface area contributed by atoms with Crippen LogP contribution in [-0.2, 0) is 24.1 Å². The van der Waals surface area contributed by atoms with Crippen molar-refractivity contribution < 1.29 is 4.74 Å². The molecule has 1 aromatic heterocycles. The maximum Gasteiger partial charge on any atom is 0.0999 e. The highest BCUT2D eigenvalue weighted by atomic mass is 16.5. The fourth-order valence-electron chi connectivity index (χ4n) is 1.76. The minimum absolute atomic E-state index is 0.356. The lowest BCUT2D eigenvalue weighted by Crippen LogP contribution is -2.11. The normalized spacial score (nSPS) is 15.0. The molecule has 1 aliphatic carbocycles. The van der Waals surface area contributed by atoms with E-state index in [4.69, 9.17) is 10.00 Å². The number of hydrogen-bond donors (Lipinski definition) is 0. The van der Waals surface area contributed by atoms with Crippen LogP contribution in [0.15, 0.2) is 0 Å². The van der Waals surface area contributed by atoms with E-state index in [9.17, 15) is 0 Å². The van der Waals surface area contributed by atoms with Crippen molar-refractivity contribution in [3.63, 3.8) is 0 Å². The lowest BCUT2D eigenvalue weighted by molar-refractivity contribution is 0.181. The molecule has 1 saturated carbocycles. The average molecular weight is 220 g/mol. The van der Waals surface area contributed by atoms with Crippen LogP contribution in [0.5, 0.6) is 0 Å². The second-order valence-corrected chi connectivity index (χ2v) is 4.18. The third kappa shape index (κ3) is 2.58. The summed E-state index contributed by atoms with van der Waals surface area (Å²) < 4.78 is 6.92. The molecule has 0 spiro atoms. The Hall–Kier alpha value is -1.41. The molecule has 16 heavy (non-hydrogen) atoms. The van der Waals surface area contributed by atoms with Gasteiger partial charge in [-0.15, -0.1) is 5.10 Å². The zero-order valence-electron chi connectivity index (χ0n) is 9.52. The second-order valence-electron chi connectivity index (χ2n) is 4.18. The lowest BCUT2D eigenvalue weighted by Gasteiger charge is -2.05. The standard InChI is InChI=1S/C11H16N4O/c1-16-7-6-15-11(8-9-2-3-9)10(4-5-12)13-14-15/h9H,2-4,6-8H2,1H3. The van der Waals surface area contributed by atoms with E-state index in [2.05, 4.69) is 16.4 Å². The van der Waals surface area contributed by atoms with Crippen molar-refractivity contribution >= 4 is 0 Å². The Kier molecular flexibility index (Phi) is 3.52. The van der Waals surface area contributed by atoms with E-state index in [1.54, 1.807) is 7.11 Å². The number of nitriles is 1. The van der Waals surface area contributed by atoms with Crippen molar-refractivity contribution in [2.45, 2.75) is 32.2 Å². The van der Waals surface area contributed by atoms with Gasteiger partial charge in [-0.25, -0.2) is 4.68 Å². The van der Waals surface area contributed by atoms with Gasteiger partial charge in [-0.2, -0.15) is 5.26 Å². The van der Waals surface area contributed by atoms with Crippen molar-refractivity contribution in [2.75, 3.05) is 13.7 Å². The first-order valence-electron chi connectivity index (χ1n) is 5.62. The summed E-state index contributed by atoms with van der Waals surface area (Å²) in [5.74, 6) is 0.775. The van der Waals surface area contributed by atoms with E-state index in [1.165, 1.54) is 12.8 Å². The minimum Gasteiger partial charge on any atom is -0.383 e. The predicted octanol–water partition coefficient (Wildman–Crippen LogP) is 0.943. The van der Waals surface area contributed by atoms with Gasteiger partial charge in [0.15, 0.2) is 0 Å². The zero-order valence-corrected chi connectivity index (χ0v) is 9.52. The number of hydrogen-bond acceptors (Lipinski definition) is 4. The molecule has 0 saturated heterocycles. The number of rotatable bonds is 6. The van der Waals surface area contributed by atoms with Crippen LogP contribution in [0.3, 0.4) is 0 Å². The first-order chi connectivity index (χ1) is 7.85. The predicted molar refractivity (Wildman–Crippen MR) is 57.6 cm³/mol. The SMILES string of the molecule is COCCn1nnc(CC#N)c1CC1CC1.